The SMILES string of the molecule is O=C1CCC[C@H](C(=O)N2CCc3ccc(Cl)c(Cl)c3C2)N1. The van der Waals surface area contributed by atoms with Crippen LogP contribution in [-0.2, 0) is 22.6 Å². The van der Waals surface area contributed by atoms with Gasteiger partial charge in [-0.2, -0.15) is 0 Å². The molecule has 112 valence electrons. The molecule has 2 aliphatic heterocycles. The van der Waals surface area contributed by atoms with E-state index in [1.54, 1.807) is 11.0 Å². The number of nitrogens with one attached hydrogen (secondary N) is 1. The molecule has 0 spiro atoms. The second-order valence-corrected chi connectivity index (χ2v) is 6.31. The first kappa shape index (κ1) is 14.7. The predicted molar refractivity (Wildman–Crippen MR) is 81.4 cm³/mol. The number of nitrogens with zero attached hydrogens (tertiary/aromatic N) is 1. The number of rotatable bonds is 1. The topological polar surface area (TPSA) is 49.4 Å². The van der Waals surface area contributed by atoms with Crippen LogP contribution in [0.15, 0.2) is 12.1 Å². The lowest BCUT2D eigenvalue weighted by atomic mass is 9.97. The highest BCUT2D eigenvalue weighted by Crippen LogP contribution is 2.32. The van der Waals surface area contributed by atoms with Gasteiger partial charge in [-0.1, -0.05) is 29.3 Å². The molecule has 21 heavy (non-hydrogen) atoms. The minimum atomic E-state index is -0.397. The molecule has 1 aromatic carbocycles. The lowest BCUT2D eigenvalue weighted by molar-refractivity contribution is -0.138. The van der Waals surface area contributed by atoms with E-state index in [0.29, 0.717) is 36.0 Å². The summed E-state index contributed by atoms with van der Waals surface area (Å²) in [4.78, 5) is 25.7. The van der Waals surface area contributed by atoms with Crippen molar-refractivity contribution in [1.82, 2.24) is 10.2 Å². The summed E-state index contributed by atoms with van der Waals surface area (Å²) < 4.78 is 0. The average molecular weight is 327 g/mol. The van der Waals surface area contributed by atoms with Crippen molar-refractivity contribution in [3.8, 4) is 0 Å². The van der Waals surface area contributed by atoms with Gasteiger partial charge in [0.05, 0.1) is 10.0 Å². The summed E-state index contributed by atoms with van der Waals surface area (Å²) in [6.45, 7) is 1.11. The zero-order valence-electron chi connectivity index (χ0n) is 11.5. The van der Waals surface area contributed by atoms with Crippen LogP contribution in [0, 0.1) is 0 Å². The number of carbonyl (C=O) groups is 2. The molecule has 0 aliphatic carbocycles. The number of hydrogen-bond acceptors (Lipinski definition) is 2. The Morgan fingerprint density at radius 1 is 1.29 bits per heavy atom. The van der Waals surface area contributed by atoms with Crippen molar-refractivity contribution in [3.05, 3.63) is 33.3 Å². The number of piperidine rings is 1. The van der Waals surface area contributed by atoms with Crippen LogP contribution < -0.4 is 5.32 Å². The van der Waals surface area contributed by atoms with Crippen LogP contribution in [0.4, 0.5) is 0 Å². The molecule has 1 fully saturated rings. The maximum Gasteiger partial charge on any atom is 0.245 e. The van der Waals surface area contributed by atoms with Crippen LogP contribution in [0.5, 0.6) is 0 Å². The van der Waals surface area contributed by atoms with Gasteiger partial charge in [0.1, 0.15) is 6.04 Å². The minimum Gasteiger partial charge on any atom is -0.344 e. The smallest absolute Gasteiger partial charge is 0.245 e. The van der Waals surface area contributed by atoms with Gasteiger partial charge in [-0.05, 0) is 36.5 Å². The summed E-state index contributed by atoms with van der Waals surface area (Å²) in [5.74, 6) is -0.0668. The highest BCUT2D eigenvalue weighted by molar-refractivity contribution is 6.42. The molecule has 0 unspecified atom stereocenters. The molecule has 1 atom stereocenters. The number of benzene rings is 1. The highest BCUT2D eigenvalue weighted by atomic mass is 35.5. The highest BCUT2D eigenvalue weighted by Gasteiger charge is 2.31. The summed E-state index contributed by atoms with van der Waals surface area (Å²) in [7, 11) is 0. The van der Waals surface area contributed by atoms with Crippen molar-refractivity contribution < 1.29 is 9.59 Å². The van der Waals surface area contributed by atoms with Crippen molar-refractivity contribution in [1.29, 1.82) is 0 Å². The molecular weight excluding hydrogens is 311 g/mol. The third-order valence-corrected chi connectivity index (χ3v) is 4.98. The van der Waals surface area contributed by atoms with Gasteiger partial charge in [-0.15, -0.1) is 0 Å². The van der Waals surface area contributed by atoms with Crippen molar-refractivity contribution in [2.45, 2.75) is 38.3 Å². The second-order valence-electron chi connectivity index (χ2n) is 5.52. The summed E-state index contributed by atoms with van der Waals surface area (Å²) >= 11 is 12.3. The van der Waals surface area contributed by atoms with Gasteiger partial charge in [-0.25, -0.2) is 0 Å². The standard InChI is InChI=1S/C15H16Cl2N2O2/c16-11-5-4-9-6-7-19(8-10(9)14(11)17)15(21)12-2-1-3-13(20)18-12/h4-5,12H,1-3,6-8H2,(H,18,20)/t12-/m1/s1. The Balaban J connectivity index is 1.78. The summed E-state index contributed by atoms with van der Waals surface area (Å²) in [5.41, 5.74) is 2.06. The predicted octanol–water partition coefficient (Wildman–Crippen LogP) is 2.55. The van der Waals surface area contributed by atoms with E-state index in [0.717, 1.165) is 24.0 Å². The van der Waals surface area contributed by atoms with Crippen LogP contribution in [0.3, 0.4) is 0 Å². The zero-order valence-corrected chi connectivity index (χ0v) is 13.0. The molecule has 1 N–H and O–H groups in total. The van der Waals surface area contributed by atoms with Gasteiger partial charge in [0, 0.05) is 19.5 Å². The fraction of sp³-hybridized carbons (Fsp3) is 0.467. The lowest BCUT2D eigenvalue weighted by Crippen LogP contribution is -2.51. The molecule has 0 bridgehead atoms. The molecule has 4 nitrogen and oxygen atoms in total. The van der Waals surface area contributed by atoms with Crippen molar-refractivity contribution in [2.75, 3.05) is 6.54 Å². The van der Waals surface area contributed by atoms with E-state index in [1.165, 1.54) is 0 Å². The Morgan fingerprint density at radius 2 is 2.10 bits per heavy atom. The molecule has 0 aromatic heterocycles. The number of fused-ring (bicyclic) bond motifs is 1. The fourth-order valence-corrected chi connectivity index (χ4v) is 3.38. The number of amides is 2. The maximum atomic E-state index is 12.5. The van der Waals surface area contributed by atoms with E-state index in [2.05, 4.69) is 5.32 Å². The first-order chi connectivity index (χ1) is 10.1. The largest absolute Gasteiger partial charge is 0.344 e. The molecule has 6 heteroatoms. The van der Waals surface area contributed by atoms with E-state index >= 15 is 0 Å². The molecule has 0 saturated carbocycles. The van der Waals surface area contributed by atoms with Gasteiger partial charge in [-0.3, -0.25) is 9.59 Å². The Hall–Kier alpha value is -1.26. The second kappa shape index (κ2) is 5.85. The van der Waals surface area contributed by atoms with Gasteiger partial charge in [0.2, 0.25) is 11.8 Å². The molecule has 2 aliphatic rings. The number of hydrogen-bond donors (Lipinski definition) is 1. The first-order valence-corrected chi connectivity index (χ1v) is 7.86. The van der Waals surface area contributed by atoms with Gasteiger partial charge in [0.15, 0.2) is 0 Å². The summed E-state index contributed by atoms with van der Waals surface area (Å²) in [5, 5.41) is 3.81. The maximum absolute atomic E-state index is 12.5. The third-order valence-electron chi connectivity index (χ3n) is 4.13. The average Bonchev–Trinajstić information content (AvgIpc) is 2.50. The normalized spacial score (nSPS) is 21.7. The lowest BCUT2D eigenvalue weighted by Gasteiger charge is -2.33. The molecular formula is C15H16Cl2N2O2. The van der Waals surface area contributed by atoms with E-state index in [4.69, 9.17) is 23.2 Å². The van der Waals surface area contributed by atoms with E-state index in [1.807, 2.05) is 6.07 Å². The summed E-state index contributed by atoms with van der Waals surface area (Å²) in [6, 6.07) is 3.36. The zero-order chi connectivity index (χ0) is 15.0. The van der Waals surface area contributed by atoms with Crippen LogP contribution in [0.2, 0.25) is 10.0 Å². The van der Waals surface area contributed by atoms with Crippen LogP contribution in [0.25, 0.3) is 0 Å². The third kappa shape index (κ3) is 2.87. The van der Waals surface area contributed by atoms with Crippen LogP contribution >= 0.6 is 23.2 Å². The number of carbonyl (C=O) groups excluding carboxylic acids is 2. The number of halogens is 2. The van der Waals surface area contributed by atoms with Gasteiger partial charge in [0.25, 0.3) is 0 Å². The molecule has 2 amide bonds. The van der Waals surface area contributed by atoms with Gasteiger partial charge >= 0.3 is 0 Å². The van der Waals surface area contributed by atoms with Crippen LogP contribution in [0.1, 0.15) is 30.4 Å². The molecule has 1 aromatic rings. The van der Waals surface area contributed by atoms with Gasteiger partial charge < -0.3 is 10.2 Å². The minimum absolute atomic E-state index is 0.0234. The molecule has 1 saturated heterocycles. The Bertz CT molecular complexity index is 604. The van der Waals surface area contributed by atoms with Crippen molar-refractivity contribution in [3.63, 3.8) is 0 Å². The fourth-order valence-electron chi connectivity index (χ4n) is 2.96. The molecule has 3 rings (SSSR count). The van der Waals surface area contributed by atoms with Crippen molar-refractivity contribution in [2.24, 2.45) is 0 Å². The van der Waals surface area contributed by atoms with Crippen LogP contribution in [-0.4, -0.2) is 29.3 Å². The molecule has 0 radical (unpaired) electrons. The Labute approximate surface area is 133 Å². The van der Waals surface area contributed by atoms with Crippen molar-refractivity contribution >= 4 is 35.0 Å². The summed E-state index contributed by atoms with van der Waals surface area (Å²) in [6.07, 6.45) is 2.74. The van der Waals surface area contributed by atoms with E-state index < -0.39 is 6.04 Å². The van der Waals surface area contributed by atoms with E-state index in [9.17, 15) is 9.59 Å². The monoisotopic (exact) mass is 326 g/mol. The van der Waals surface area contributed by atoms with E-state index in [-0.39, 0.29) is 11.8 Å². The first-order valence-electron chi connectivity index (χ1n) is 7.10. The Morgan fingerprint density at radius 3 is 2.86 bits per heavy atom. The Kier molecular flexibility index (Phi) is 4.09. The molecule has 2 heterocycles. The quantitative estimate of drug-likeness (QED) is 0.862.